The van der Waals surface area contributed by atoms with Crippen molar-refractivity contribution < 1.29 is 9.90 Å². The molecule has 0 amide bonds. The van der Waals surface area contributed by atoms with Gasteiger partial charge < -0.3 is 5.11 Å². The number of hydrogen-bond acceptors (Lipinski definition) is 2. The lowest BCUT2D eigenvalue weighted by Crippen LogP contribution is -2.37. The van der Waals surface area contributed by atoms with Gasteiger partial charge in [-0.25, -0.2) is 0 Å². The van der Waals surface area contributed by atoms with Gasteiger partial charge >= 0.3 is 5.97 Å². The number of carboxylic acids is 1. The van der Waals surface area contributed by atoms with Crippen molar-refractivity contribution in [2.24, 2.45) is 23.7 Å². The fraction of sp³-hybridized carbons (Fsp3) is 0.800. The Morgan fingerprint density at radius 1 is 1.28 bits per heavy atom. The van der Waals surface area contributed by atoms with Gasteiger partial charge in [-0.15, -0.1) is 0 Å². The van der Waals surface area contributed by atoms with E-state index in [2.05, 4.69) is 23.9 Å². The Kier molecular flexibility index (Phi) is 2.39. The minimum Gasteiger partial charge on any atom is -0.481 e. The van der Waals surface area contributed by atoms with E-state index in [1.54, 1.807) is 0 Å². The largest absolute Gasteiger partial charge is 0.481 e. The topological polar surface area (TPSA) is 37.3 Å². The summed E-state index contributed by atoms with van der Waals surface area (Å²) in [6.45, 7) is 0. The molecular formula is C15H20O2S. The van der Waals surface area contributed by atoms with Crippen LogP contribution in [0.5, 0.6) is 0 Å². The van der Waals surface area contributed by atoms with Gasteiger partial charge in [0, 0.05) is 10.00 Å². The van der Waals surface area contributed by atoms with Gasteiger partial charge in [0.15, 0.2) is 0 Å². The molecule has 2 nitrogen and oxygen atoms in total. The Balaban J connectivity index is 1.55. The summed E-state index contributed by atoms with van der Waals surface area (Å²) in [5, 5.41) is 10.2. The molecule has 3 saturated carbocycles. The van der Waals surface area contributed by atoms with Crippen LogP contribution in [0, 0.1) is 23.7 Å². The maximum absolute atomic E-state index is 11.5. The van der Waals surface area contributed by atoms with Gasteiger partial charge in [0.25, 0.3) is 0 Å². The average molecular weight is 264 g/mol. The molecule has 98 valence electrons. The highest BCUT2D eigenvalue weighted by atomic mass is 32.2. The molecule has 3 fully saturated rings. The number of rotatable bonds is 3. The minimum absolute atomic E-state index is 0.0654. The molecule has 0 aliphatic heterocycles. The molecule has 1 N–H and O–H groups in total. The monoisotopic (exact) mass is 264 g/mol. The lowest BCUT2D eigenvalue weighted by atomic mass is 9.88. The van der Waals surface area contributed by atoms with Crippen molar-refractivity contribution in [2.45, 2.75) is 48.5 Å². The van der Waals surface area contributed by atoms with Crippen LogP contribution in [0.4, 0.5) is 0 Å². The molecule has 4 aliphatic carbocycles. The Morgan fingerprint density at radius 2 is 2.17 bits per heavy atom. The quantitative estimate of drug-likeness (QED) is 0.794. The van der Waals surface area contributed by atoms with Gasteiger partial charge in [-0.1, -0.05) is 12.2 Å². The summed E-state index contributed by atoms with van der Waals surface area (Å²) >= 11 is 2.07. The summed E-state index contributed by atoms with van der Waals surface area (Å²) in [5.74, 6) is 1.63. The fourth-order valence-electron chi connectivity index (χ4n) is 4.89. The molecule has 6 unspecified atom stereocenters. The molecule has 0 aromatic heterocycles. The Hall–Kier alpha value is -0.440. The van der Waals surface area contributed by atoms with E-state index in [0.717, 1.165) is 24.7 Å². The first-order chi connectivity index (χ1) is 8.66. The summed E-state index contributed by atoms with van der Waals surface area (Å²) in [7, 11) is 0. The molecule has 3 heteroatoms. The molecule has 0 spiro atoms. The van der Waals surface area contributed by atoms with Gasteiger partial charge in [0.05, 0.1) is 5.92 Å². The Labute approximate surface area is 112 Å². The summed E-state index contributed by atoms with van der Waals surface area (Å²) in [6, 6.07) is 0. The third-order valence-corrected chi connectivity index (χ3v) is 7.69. The second-order valence-corrected chi connectivity index (χ2v) is 8.39. The molecule has 0 heterocycles. The van der Waals surface area contributed by atoms with Gasteiger partial charge in [0.2, 0.25) is 0 Å². The zero-order valence-electron chi connectivity index (χ0n) is 10.5. The van der Waals surface area contributed by atoms with Crippen LogP contribution in [-0.4, -0.2) is 21.1 Å². The van der Waals surface area contributed by atoms with Crippen molar-refractivity contribution in [1.82, 2.24) is 0 Å². The molecule has 4 bridgehead atoms. The number of thioether (sulfide) groups is 1. The Bertz CT molecular complexity index is 419. The predicted molar refractivity (Wildman–Crippen MR) is 72.5 cm³/mol. The number of aliphatic carboxylic acids is 1. The SMILES string of the molecule is O=C(O)C1CC2CCC1(SC1CC3C=CC1C3)C2. The van der Waals surface area contributed by atoms with E-state index in [9.17, 15) is 9.90 Å². The molecule has 0 saturated heterocycles. The zero-order valence-corrected chi connectivity index (χ0v) is 11.4. The van der Waals surface area contributed by atoms with Crippen molar-refractivity contribution >= 4 is 17.7 Å². The minimum atomic E-state index is -0.539. The molecule has 4 aliphatic rings. The number of hydrogen-bond donors (Lipinski definition) is 1. The van der Waals surface area contributed by atoms with Crippen LogP contribution >= 0.6 is 11.8 Å². The van der Waals surface area contributed by atoms with E-state index < -0.39 is 5.97 Å². The summed E-state index contributed by atoms with van der Waals surface area (Å²) in [6.07, 6.45) is 11.9. The lowest BCUT2D eigenvalue weighted by Gasteiger charge is -2.36. The molecule has 18 heavy (non-hydrogen) atoms. The average Bonchev–Trinajstić information content (AvgIpc) is 3.05. The van der Waals surface area contributed by atoms with E-state index in [0.29, 0.717) is 11.2 Å². The normalized spacial score (nSPS) is 52.3. The van der Waals surface area contributed by atoms with E-state index in [1.165, 1.54) is 25.7 Å². The highest BCUT2D eigenvalue weighted by Gasteiger charge is 2.57. The highest BCUT2D eigenvalue weighted by Crippen LogP contribution is 2.62. The first-order valence-electron chi connectivity index (χ1n) is 7.25. The fourth-order valence-corrected chi connectivity index (χ4v) is 7.14. The van der Waals surface area contributed by atoms with E-state index in [-0.39, 0.29) is 10.7 Å². The van der Waals surface area contributed by atoms with Crippen molar-refractivity contribution in [3.63, 3.8) is 0 Å². The molecule has 0 aromatic carbocycles. The van der Waals surface area contributed by atoms with Crippen molar-refractivity contribution in [1.29, 1.82) is 0 Å². The molecule has 0 aromatic rings. The third kappa shape index (κ3) is 1.52. The molecule has 0 radical (unpaired) electrons. The van der Waals surface area contributed by atoms with Crippen LogP contribution in [0.2, 0.25) is 0 Å². The molecule has 4 rings (SSSR count). The first-order valence-corrected chi connectivity index (χ1v) is 8.13. The van der Waals surface area contributed by atoms with Gasteiger partial charge in [-0.3, -0.25) is 4.79 Å². The van der Waals surface area contributed by atoms with Crippen molar-refractivity contribution in [2.75, 3.05) is 0 Å². The molecular weight excluding hydrogens is 244 g/mol. The lowest BCUT2D eigenvalue weighted by molar-refractivity contribution is -0.142. The van der Waals surface area contributed by atoms with Crippen LogP contribution in [0.25, 0.3) is 0 Å². The van der Waals surface area contributed by atoms with Crippen LogP contribution in [0.1, 0.15) is 38.5 Å². The van der Waals surface area contributed by atoms with Gasteiger partial charge in [-0.05, 0) is 56.3 Å². The van der Waals surface area contributed by atoms with Crippen molar-refractivity contribution in [3.8, 4) is 0 Å². The van der Waals surface area contributed by atoms with Gasteiger partial charge in [0.1, 0.15) is 0 Å². The Morgan fingerprint density at radius 3 is 2.78 bits per heavy atom. The summed E-state index contributed by atoms with van der Waals surface area (Å²) in [5.41, 5.74) is 0. The van der Waals surface area contributed by atoms with Crippen LogP contribution < -0.4 is 0 Å². The van der Waals surface area contributed by atoms with Crippen LogP contribution in [-0.2, 0) is 4.79 Å². The third-order valence-electron chi connectivity index (χ3n) is 5.72. The van der Waals surface area contributed by atoms with Crippen LogP contribution in [0.3, 0.4) is 0 Å². The van der Waals surface area contributed by atoms with E-state index in [4.69, 9.17) is 0 Å². The number of carbonyl (C=O) groups is 1. The maximum atomic E-state index is 11.5. The smallest absolute Gasteiger partial charge is 0.307 e. The predicted octanol–water partition coefficient (Wildman–Crippen LogP) is 3.33. The standard InChI is InChI=1S/C15H20O2S/c16-14(17)12-6-10-3-4-15(12,8-10)18-13-7-9-1-2-11(13)5-9/h1-2,9-13H,3-8H2,(H,16,17). The van der Waals surface area contributed by atoms with Gasteiger partial charge in [-0.2, -0.15) is 11.8 Å². The second kappa shape index (κ2) is 3.78. The zero-order chi connectivity index (χ0) is 12.3. The maximum Gasteiger partial charge on any atom is 0.307 e. The van der Waals surface area contributed by atoms with Crippen molar-refractivity contribution in [3.05, 3.63) is 12.2 Å². The number of fused-ring (bicyclic) bond motifs is 4. The number of carboxylic acid groups (broad SMARTS) is 1. The number of allylic oxidation sites excluding steroid dienone is 2. The summed E-state index contributed by atoms with van der Waals surface area (Å²) < 4.78 is 0.0967. The van der Waals surface area contributed by atoms with Crippen LogP contribution in [0.15, 0.2) is 12.2 Å². The molecule has 6 atom stereocenters. The highest BCUT2D eigenvalue weighted by molar-refractivity contribution is 8.01. The first kappa shape index (κ1) is 11.4. The second-order valence-electron chi connectivity index (χ2n) is 6.74. The van der Waals surface area contributed by atoms with E-state index >= 15 is 0 Å². The van der Waals surface area contributed by atoms with E-state index in [1.807, 2.05) is 0 Å². The summed E-state index contributed by atoms with van der Waals surface area (Å²) in [4.78, 5) is 11.5.